The number of allylic oxidation sites excluding steroid dienone is 2. The van der Waals surface area contributed by atoms with E-state index in [1.54, 1.807) is 0 Å². The van der Waals surface area contributed by atoms with Crippen molar-refractivity contribution in [3.8, 4) is 0 Å². The minimum absolute atomic E-state index is 0.0561. The SMILES string of the molecule is CCCC/C=C/CCCC[N+](CCCCC(=O)[O-])(CCCCC(=O)O)CCCCC(=O)O. The van der Waals surface area contributed by atoms with Crippen molar-refractivity contribution in [2.75, 3.05) is 26.2 Å². The second-order valence-corrected chi connectivity index (χ2v) is 8.88. The molecular weight excluding hydrogens is 410 g/mol. The number of carbonyl (C=O) groups excluding carboxylic acids is 1. The summed E-state index contributed by atoms with van der Waals surface area (Å²) in [7, 11) is 0. The maximum Gasteiger partial charge on any atom is 0.303 e. The summed E-state index contributed by atoms with van der Waals surface area (Å²) >= 11 is 0. The zero-order valence-corrected chi connectivity index (χ0v) is 20.1. The molecule has 0 fully saturated rings. The van der Waals surface area contributed by atoms with Crippen LogP contribution >= 0.6 is 0 Å². The third-order valence-corrected chi connectivity index (χ3v) is 5.95. The van der Waals surface area contributed by atoms with Crippen LogP contribution in [0.25, 0.3) is 0 Å². The molecule has 0 radical (unpaired) electrons. The normalized spacial score (nSPS) is 11.8. The maximum absolute atomic E-state index is 10.9. The summed E-state index contributed by atoms with van der Waals surface area (Å²) in [6.45, 7) is 5.72. The van der Waals surface area contributed by atoms with Crippen LogP contribution in [0.3, 0.4) is 0 Å². The summed E-state index contributed by atoms with van der Waals surface area (Å²) < 4.78 is 0.825. The van der Waals surface area contributed by atoms with Crippen LogP contribution < -0.4 is 5.11 Å². The van der Waals surface area contributed by atoms with Crippen molar-refractivity contribution >= 4 is 17.9 Å². The Morgan fingerprint density at radius 3 is 1.47 bits per heavy atom. The minimum atomic E-state index is -1.03. The summed E-state index contributed by atoms with van der Waals surface area (Å²) in [5.74, 6) is -2.59. The number of nitrogens with zero attached hydrogens (tertiary/aromatic N) is 1. The lowest BCUT2D eigenvalue weighted by atomic mass is 10.1. The first-order valence-corrected chi connectivity index (χ1v) is 12.4. The van der Waals surface area contributed by atoms with E-state index in [0.717, 1.165) is 75.6 Å². The first kappa shape index (κ1) is 30.1. The average Bonchev–Trinajstić information content (AvgIpc) is 2.73. The molecule has 0 saturated carbocycles. The van der Waals surface area contributed by atoms with E-state index < -0.39 is 17.9 Å². The van der Waals surface area contributed by atoms with Gasteiger partial charge in [-0.1, -0.05) is 31.9 Å². The number of carboxylic acids is 3. The van der Waals surface area contributed by atoms with Crippen molar-refractivity contribution in [1.82, 2.24) is 0 Å². The van der Waals surface area contributed by atoms with Crippen LogP contribution in [0.5, 0.6) is 0 Å². The molecule has 7 heteroatoms. The number of unbranched alkanes of at least 4 members (excludes halogenated alkanes) is 7. The summed E-state index contributed by atoms with van der Waals surface area (Å²) in [5, 5.41) is 28.7. The zero-order valence-electron chi connectivity index (χ0n) is 20.1. The number of carboxylic acid groups (broad SMARTS) is 3. The lowest BCUT2D eigenvalue weighted by Crippen LogP contribution is -2.51. The summed E-state index contributed by atoms with van der Waals surface area (Å²) in [4.78, 5) is 32.5. The average molecular weight is 456 g/mol. The second-order valence-electron chi connectivity index (χ2n) is 8.88. The van der Waals surface area contributed by atoms with Gasteiger partial charge in [-0.15, -0.1) is 0 Å². The van der Waals surface area contributed by atoms with E-state index in [9.17, 15) is 19.5 Å². The molecule has 2 N–H and O–H groups in total. The first-order valence-electron chi connectivity index (χ1n) is 12.4. The van der Waals surface area contributed by atoms with Gasteiger partial charge in [-0.3, -0.25) is 9.59 Å². The Morgan fingerprint density at radius 1 is 0.656 bits per heavy atom. The Labute approximate surface area is 194 Å². The molecule has 0 bridgehead atoms. The third kappa shape index (κ3) is 18.8. The van der Waals surface area contributed by atoms with Gasteiger partial charge in [0, 0.05) is 18.8 Å². The molecule has 0 unspecified atom stereocenters. The van der Waals surface area contributed by atoms with Crippen LogP contribution in [0.4, 0.5) is 0 Å². The van der Waals surface area contributed by atoms with Crippen molar-refractivity contribution in [1.29, 1.82) is 0 Å². The first-order chi connectivity index (χ1) is 15.3. The Bertz CT molecular complexity index is 491. The van der Waals surface area contributed by atoms with Gasteiger partial charge >= 0.3 is 11.9 Å². The Morgan fingerprint density at radius 2 is 1.06 bits per heavy atom. The molecule has 0 spiro atoms. The van der Waals surface area contributed by atoms with Crippen LogP contribution in [0.15, 0.2) is 12.2 Å². The molecule has 0 aromatic rings. The lowest BCUT2D eigenvalue weighted by Gasteiger charge is -2.39. The third-order valence-electron chi connectivity index (χ3n) is 5.95. The van der Waals surface area contributed by atoms with E-state index in [2.05, 4.69) is 19.1 Å². The number of carbonyl (C=O) groups is 3. The van der Waals surface area contributed by atoms with Gasteiger partial charge in [0.15, 0.2) is 0 Å². The Hall–Kier alpha value is -1.89. The summed E-state index contributed by atoms with van der Waals surface area (Å²) in [5.41, 5.74) is 0. The molecule has 0 saturated heterocycles. The number of rotatable bonds is 23. The lowest BCUT2D eigenvalue weighted by molar-refractivity contribution is -0.929. The molecule has 0 aliphatic heterocycles. The maximum atomic E-state index is 10.9. The molecular formula is C25H45NO6. The predicted octanol–water partition coefficient (Wildman–Crippen LogP) is 4.15. The fourth-order valence-corrected chi connectivity index (χ4v) is 4.10. The summed E-state index contributed by atoms with van der Waals surface area (Å²) in [6.07, 6.45) is 15.8. The quantitative estimate of drug-likeness (QED) is 0.136. The molecule has 0 rings (SSSR count). The van der Waals surface area contributed by atoms with E-state index in [-0.39, 0.29) is 19.3 Å². The van der Waals surface area contributed by atoms with Crippen LogP contribution in [0.2, 0.25) is 0 Å². The fraction of sp³-hybridized carbons (Fsp3) is 0.800. The molecule has 0 atom stereocenters. The predicted molar refractivity (Wildman–Crippen MR) is 124 cm³/mol. The van der Waals surface area contributed by atoms with Gasteiger partial charge in [0.1, 0.15) is 0 Å². The van der Waals surface area contributed by atoms with E-state index in [1.165, 1.54) is 12.8 Å². The molecule has 186 valence electrons. The number of hydrogen-bond acceptors (Lipinski definition) is 4. The fourth-order valence-electron chi connectivity index (χ4n) is 4.10. The van der Waals surface area contributed by atoms with Crippen LogP contribution in [-0.4, -0.2) is 58.8 Å². The topological polar surface area (TPSA) is 115 Å². The number of aliphatic carboxylic acids is 3. The molecule has 0 aromatic heterocycles. The van der Waals surface area contributed by atoms with Gasteiger partial charge in [0.05, 0.1) is 26.2 Å². The highest BCUT2D eigenvalue weighted by Gasteiger charge is 2.26. The van der Waals surface area contributed by atoms with Gasteiger partial charge in [-0.2, -0.15) is 0 Å². The van der Waals surface area contributed by atoms with Crippen molar-refractivity contribution in [3.05, 3.63) is 12.2 Å². The highest BCUT2D eigenvalue weighted by Crippen LogP contribution is 2.19. The number of hydrogen-bond donors (Lipinski definition) is 2. The molecule has 0 aromatic carbocycles. The van der Waals surface area contributed by atoms with Gasteiger partial charge in [0.2, 0.25) is 0 Å². The van der Waals surface area contributed by atoms with Crippen molar-refractivity contribution in [3.63, 3.8) is 0 Å². The van der Waals surface area contributed by atoms with Gasteiger partial charge in [-0.05, 0) is 70.6 Å². The monoisotopic (exact) mass is 455 g/mol. The molecule has 0 aliphatic rings. The molecule has 0 heterocycles. The van der Waals surface area contributed by atoms with E-state index >= 15 is 0 Å². The Balaban J connectivity index is 4.90. The Kier molecular flexibility index (Phi) is 18.6. The van der Waals surface area contributed by atoms with Crippen LogP contribution in [0, 0.1) is 0 Å². The minimum Gasteiger partial charge on any atom is -0.550 e. The smallest absolute Gasteiger partial charge is 0.303 e. The second kappa shape index (κ2) is 19.8. The van der Waals surface area contributed by atoms with E-state index in [0.29, 0.717) is 19.3 Å². The van der Waals surface area contributed by atoms with E-state index in [4.69, 9.17) is 10.2 Å². The molecule has 0 aliphatic carbocycles. The number of quaternary nitrogens is 1. The highest BCUT2D eigenvalue weighted by atomic mass is 16.4. The van der Waals surface area contributed by atoms with E-state index in [1.807, 2.05) is 0 Å². The molecule has 7 nitrogen and oxygen atoms in total. The zero-order chi connectivity index (χ0) is 24.1. The van der Waals surface area contributed by atoms with Crippen LogP contribution in [-0.2, 0) is 14.4 Å². The molecule has 0 amide bonds. The largest absolute Gasteiger partial charge is 0.550 e. The van der Waals surface area contributed by atoms with Gasteiger partial charge < -0.3 is 24.6 Å². The standard InChI is InChI=1S/C25H45NO6/c1-2-3-4-5-6-7-8-12-19-26(20-13-9-16-23(27)28,21-14-10-17-24(29)30)22-15-11-18-25(31)32/h5-6H,2-4,7-22H2,1H3,(H2-,27,28,29,30,31,32)/b6-5+. The highest BCUT2D eigenvalue weighted by molar-refractivity contribution is 5.66. The van der Waals surface area contributed by atoms with Crippen molar-refractivity contribution < 1.29 is 34.2 Å². The molecule has 32 heavy (non-hydrogen) atoms. The van der Waals surface area contributed by atoms with Crippen LogP contribution in [0.1, 0.15) is 103 Å². The summed E-state index contributed by atoms with van der Waals surface area (Å²) in [6, 6.07) is 0. The van der Waals surface area contributed by atoms with Gasteiger partial charge in [-0.25, -0.2) is 0 Å². The van der Waals surface area contributed by atoms with Crippen molar-refractivity contribution in [2.45, 2.75) is 103 Å². The van der Waals surface area contributed by atoms with Crippen molar-refractivity contribution in [2.24, 2.45) is 0 Å². The van der Waals surface area contributed by atoms with Gasteiger partial charge in [0.25, 0.3) is 0 Å².